The van der Waals surface area contributed by atoms with Crippen LogP contribution < -0.4 is 5.73 Å². The van der Waals surface area contributed by atoms with E-state index >= 15 is 0 Å². The van der Waals surface area contributed by atoms with Crippen LogP contribution in [0.2, 0.25) is 0 Å². The number of aromatic nitrogens is 2. The van der Waals surface area contributed by atoms with Crippen LogP contribution in [-0.2, 0) is 19.5 Å². The predicted octanol–water partition coefficient (Wildman–Crippen LogP) is 1.68. The number of amides is 1. The van der Waals surface area contributed by atoms with Crippen LogP contribution in [0.4, 0.5) is 5.82 Å². The number of fused-ring (bicyclic) bond motifs is 1. The molecule has 0 spiro atoms. The van der Waals surface area contributed by atoms with E-state index in [2.05, 4.69) is 17.2 Å². The quantitative estimate of drug-likeness (QED) is 0.903. The summed E-state index contributed by atoms with van der Waals surface area (Å²) in [5, 5.41) is 4.26. The van der Waals surface area contributed by atoms with Gasteiger partial charge in [-0.25, -0.2) is 4.68 Å². The molecule has 0 radical (unpaired) electrons. The molecule has 2 heterocycles. The van der Waals surface area contributed by atoms with Gasteiger partial charge in [-0.1, -0.05) is 24.3 Å². The third-order valence-corrected chi connectivity index (χ3v) is 3.75. The van der Waals surface area contributed by atoms with Crippen molar-refractivity contribution in [1.82, 2.24) is 14.7 Å². The van der Waals surface area contributed by atoms with Crippen molar-refractivity contribution in [3.05, 3.63) is 47.2 Å². The van der Waals surface area contributed by atoms with Crippen LogP contribution in [0.25, 0.3) is 0 Å². The highest BCUT2D eigenvalue weighted by atomic mass is 16.2. The fraction of sp³-hybridized carbons (Fsp3) is 0.333. The molecule has 1 aromatic carbocycles. The van der Waals surface area contributed by atoms with Crippen LogP contribution in [0.1, 0.15) is 28.5 Å². The zero-order valence-electron chi connectivity index (χ0n) is 11.5. The van der Waals surface area contributed by atoms with Gasteiger partial charge in [0, 0.05) is 25.7 Å². The second-order valence-corrected chi connectivity index (χ2v) is 5.02. The average molecular weight is 270 g/mol. The molecule has 5 nitrogen and oxygen atoms in total. The van der Waals surface area contributed by atoms with Crippen molar-refractivity contribution in [2.75, 3.05) is 12.3 Å². The van der Waals surface area contributed by atoms with Crippen molar-refractivity contribution < 1.29 is 4.79 Å². The zero-order valence-corrected chi connectivity index (χ0v) is 11.5. The van der Waals surface area contributed by atoms with Crippen molar-refractivity contribution in [3.63, 3.8) is 0 Å². The van der Waals surface area contributed by atoms with Crippen LogP contribution in [0.5, 0.6) is 0 Å². The summed E-state index contributed by atoms with van der Waals surface area (Å²) in [6, 6.07) is 9.91. The smallest absolute Gasteiger partial charge is 0.274 e. The number of nitrogens with two attached hydrogens (primary N) is 1. The molecule has 0 bridgehead atoms. The minimum absolute atomic E-state index is 0.0431. The summed E-state index contributed by atoms with van der Waals surface area (Å²) < 4.78 is 1.64. The molecule has 2 aromatic rings. The Balaban J connectivity index is 1.82. The molecule has 0 fully saturated rings. The topological polar surface area (TPSA) is 64.2 Å². The number of carbonyl (C=O) groups is 1. The van der Waals surface area contributed by atoms with E-state index in [0.717, 1.165) is 13.0 Å². The maximum Gasteiger partial charge on any atom is 0.274 e. The van der Waals surface area contributed by atoms with Crippen LogP contribution in [0.3, 0.4) is 0 Å². The molecular formula is C15H18N4O. The van der Waals surface area contributed by atoms with Gasteiger partial charge >= 0.3 is 0 Å². The third-order valence-electron chi connectivity index (χ3n) is 3.75. The number of benzene rings is 1. The standard InChI is InChI=1S/C15H18N4O/c1-2-19-14(16)9-13(17-19)15(20)18-8-7-11-5-3-4-6-12(11)10-18/h3-6,9H,2,7-8,10,16H2,1H3. The van der Waals surface area contributed by atoms with Crippen molar-refractivity contribution in [2.45, 2.75) is 26.4 Å². The van der Waals surface area contributed by atoms with Crippen LogP contribution in [0, 0.1) is 0 Å². The van der Waals surface area contributed by atoms with Gasteiger partial charge in [-0.15, -0.1) is 0 Å². The number of nitrogens with zero attached hydrogens (tertiary/aromatic N) is 3. The molecule has 1 aliphatic heterocycles. The number of anilines is 1. The summed E-state index contributed by atoms with van der Waals surface area (Å²) in [7, 11) is 0. The predicted molar refractivity (Wildman–Crippen MR) is 77.2 cm³/mol. The molecule has 0 atom stereocenters. The van der Waals surface area contributed by atoms with Gasteiger partial charge in [0.05, 0.1) is 0 Å². The van der Waals surface area contributed by atoms with Crippen LogP contribution >= 0.6 is 0 Å². The average Bonchev–Trinajstić information content (AvgIpc) is 2.87. The molecule has 2 N–H and O–H groups in total. The Labute approximate surface area is 118 Å². The van der Waals surface area contributed by atoms with Crippen molar-refractivity contribution >= 4 is 11.7 Å². The molecule has 1 aromatic heterocycles. The van der Waals surface area contributed by atoms with Crippen molar-refractivity contribution in [2.24, 2.45) is 0 Å². The zero-order chi connectivity index (χ0) is 14.1. The molecule has 0 unspecified atom stereocenters. The lowest BCUT2D eigenvalue weighted by atomic mass is 10.00. The maximum absolute atomic E-state index is 12.5. The molecular weight excluding hydrogens is 252 g/mol. The van der Waals surface area contributed by atoms with E-state index in [1.165, 1.54) is 11.1 Å². The molecule has 0 aliphatic carbocycles. The second-order valence-electron chi connectivity index (χ2n) is 5.02. The van der Waals surface area contributed by atoms with Gasteiger partial charge in [-0.05, 0) is 24.5 Å². The van der Waals surface area contributed by atoms with Crippen molar-refractivity contribution in [1.29, 1.82) is 0 Å². The van der Waals surface area contributed by atoms with Gasteiger partial charge in [-0.2, -0.15) is 5.10 Å². The van der Waals surface area contributed by atoms with Gasteiger partial charge in [-0.3, -0.25) is 4.79 Å². The summed E-state index contributed by atoms with van der Waals surface area (Å²) >= 11 is 0. The molecule has 3 rings (SSSR count). The lowest BCUT2D eigenvalue weighted by molar-refractivity contribution is 0.0728. The highest BCUT2D eigenvalue weighted by Crippen LogP contribution is 2.20. The Morgan fingerprint density at radius 2 is 2.10 bits per heavy atom. The molecule has 0 saturated carbocycles. The minimum Gasteiger partial charge on any atom is -0.384 e. The first-order chi connectivity index (χ1) is 9.69. The van der Waals surface area contributed by atoms with E-state index in [4.69, 9.17) is 5.73 Å². The van der Waals surface area contributed by atoms with Crippen molar-refractivity contribution in [3.8, 4) is 0 Å². The van der Waals surface area contributed by atoms with E-state index < -0.39 is 0 Å². The molecule has 104 valence electrons. The summed E-state index contributed by atoms with van der Waals surface area (Å²) in [6.45, 7) is 4.00. The largest absolute Gasteiger partial charge is 0.384 e. The lowest BCUT2D eigenvalue weighted by Gasteiger charge is -2.28. The fourth-order valence-electron chi connectivity index (χ4n) is 2.62. The number of hydrogen-bond donors (Lipinski definition) is 1. The van der Waals surface area contributed by atoms with E-state index in [9.17, 15) is 4.79 Å². The first kappa shape index (κ1) is 12.7. The Hall–Kier alpha value is -2.30. The summed E-state index contributed by atoms with van der Waals surface area (Å²) in [6.07, 6.45) is 0.895. The van der Waals surface area contributed by atoms with E-state index in [1.807, 2.05) is 24.0 Å². The van der Waals surface area contributed by atoms with Gasteiger partial charge in [0.25, 0.3) is 5.91 Å². The maximum atomic E-state index is 12.5. The van der Waals surface area contributed by atoms with Gasteiger partial charge in [0.2, 0.25) is 0 Å². The Kier molecular flexibility index (Phi) is 3.18. The van der Waals surface area contributed by atoms with E-state index in [1.54, 1.807) is 10.7 Å². The molecule has 5 heteroatoms. The number of carbonyl (C=O) groups excluding carboxylic acids is 1. The third kappa shape index (κ3) is 2.15. The van der Waals surface area contributed by atoms with Gasteiger partial charge in [0.15, 0.2) is 5.69 Å². The molecule has 1 amide bonds. The van der Waals surface area contributed by atoms with Gasteiger partial charge < -0.3 is 10.6 Å². The number of rotatable bonds is 2. The normalized spacial score (nSPS) is 14.2. The first-order valence-corrected chi connectivity index (χ1v) is 6.88. The van der Waals surface area contributed by atoms with E-state index in [-0.39, 0.29) is 5.91 Å². The van der Waals surface area contributed by atoms with Crippen LogP contribution in [-0.4, -0.2) is 27.1 Å². The minimum atomic E-state index is -0.0431. The highest BCUT2D eigenvalue weighted by Gasteiger charge is 2.23. The first-order valence-electron chi connectivity index (χ1n) is 6.88. The number of aryl methyl sites for hydroxylation is 1. The summed E-state index contributed by atoms with van der Waals surface area (Å²) in [5.74, 6) is 0.492. The number of nitrogen functional groups attached to an aromatic ring is 1. The molecule has 1 aliphatic rings. The molecule has 20 heavy (non-hydrogen) atoms. The fourth-order valence-corrected chi connectivity index (χ4v) is 2.62. The Morgan fingerprint density at radius 3 is 2.80 bits per heavy atom. The number of hydrogen-bond acceptors (Lipinski definition) is 3. The highest BCUT2D eigenvalue weighted by molar-refractivity contribution is 5.93. The molecule has 0 saturated heterocycles. The lowest BCUT2D eigenvalue weighted by Crippen LogP contribution is -2.36. The second kappa shape index (κ2) is 5.00. The summed E-state index contributed by atoms with van der Waals surface area (Å²) in [5.41, 5.74) is 8.81. The summed E-state index contributed by atoms with van der Waals surface area (Å²) in [4.78, 5) is 14.3. The van der Waals surface area contributed by atoms with Crippen LogP contribution in [0.15, 0.2) is 30.3 Å². The van der Waals surface area contributed by atoms with Gasteiger partial charge in [0.1, 0.15) is 5.82 Å². The SMILES string of the molecule is CCn1nc(C(=O)N2CCc3ccccc3C2)cc1N. The Bertz CT molecular complexity index is 647. The van der Waals surface area contributed by atoms with E-state index in [0.29, 0.717) is 24.6 Å². The Morgan fingerprint density at radius 1 is 1.35 bits per heavy atom. The monoisotopic (exact) mass is 270 g/mol.